The van der Waals surface area contributed by atoms with Gasteiger partial charge in [-0.25, -0.2) is 0 Å². The van der Waals surface area contributed by atoms with Gasteiger partial charge >= 0.3 is 0 Å². The van der Waals surface area contributed by atoms with Gasteiger partial charge < -0.3 is 15.6 Å². The number of aromatic amines is 1. The molecule has 0 radical (unpaired) electrons. The van der Waals surface area contributed by atoms with Crippen LogP contribution in [0.5, 0.6) is 0 Å². The number of H-pyrrole nitrogens is 1. The van der Waals surface area contributed by atoms with Crippen LogP contribution in [0.1, 0.15) is 5.56 Å². The van der Waals surface area contributed by atoms with Crippen LogP contribution in [0.25, 0.3) is 10.9 Å². The van der Waals surface area contributed by atoms with Crippen molar-refractivity contribution in [2.45, 2.75) is 12.5 Å². The van der Waals surface area contributed by atoms with Crippen LogP contribution in [-0.2, 0) is 11.2 Å². The van der Waals surface area contributed by atoms with Crippen LogP contribution in [0.4, 0.5) is 11.4 Å². The van der Waals surface area contributed by atoms with Gasteiger partial charge in [-0.3, -0.25) is 4.79 Å². The SMILES string of the molecule is O=C1Nc2ccccc2N[C@H]1Cc1c[nH]c2ccccc12. The fraction of sp³-hybridized carbons (Fsp3) is 0.118. The molecule has 1 amide bonds. The Morgan fingerprint density at radius 3 is 2.62 bits per heavy atom. The number of benzene rings is 2. The van der Waals surface area contributed by atoms with E-state index in [1.807, 2.05) is 48.7 Å². The zero-order chi connectivity index (χ0) is 14.2. The maximum Gasteiger partial charge on any atom is 0.247 e. The average Bonchev–Trinajstić information content (AvgIpc) is 2.91. The van der Waals surface area contributed by atoms with E-state index in [1.54, 1.807) is 0 Å². The van der Waals surface area contributed by atoms with Gasteiger partial charge in [0.25, 0.3) is 0 Å². The van der Waals surface area contributed by atoms with Gasteiger partial charge in [0.1, 0.15) is 6.04 Å². The quantitative estimate of drug-likeness (QED) is 0.674. The molecular weight excluding hydrogens is 262 g/mol. The molecule has 104 valence electrons. The number of amides is 1. The summed E-state index contributed by atoms with van der Waals surface area (Å²) in [5.74, 6) is 0.0129. The predicted octanol–water partition coefficient (Wildman–Crippen LogP) is 3.14. The van der Waals surface area contributed by atoms with Gasteiger partial charge in [-0.1, -0.05) is 30.3 Å². The molecule has 0 saturated heterocycles. The first-order chi connectivity index (χ1) is 10.3. The first-order valence-corrected chi connectivity index (χ1v) is 7.03. The molecule has 3 N–H and O–H groups in total. The van der Waals surface area contributed by atoms with Crippen molar-refractivity contribution < 1.29 is 4.79 Å². The second-order valence-electron chi connectivity index (χ2n) is 5.30. The Morgan fingerprint density at radius 2 is 1.71 bits per heavy atom. The van der Waals surface area contributed by atoms with Crippen LogP contribution in [0.3, 0.4) is 0 Å². The molecule has 4 nitrogen and oxygen atoms in total. The molecule has 0 unspecified atom stereocenters. The second kappa shape index (κ2) is 4.66. The lowest BCUT2D eigenvalue weighted by Crippen LogP contribution is -2.40. The molecule has 1 aliphatic heterocycles. The van der Waals surface area contributed by atoms with Crippen molar-refractivity contribution in [3.8, 4) is 0 Å². The summed E-state index contributed by atoms with van der Waals surface area (Å²) in [5, 5.41) is 7.45. The Kier molecular flexibility index (Phi) is 2.67. The minimum atomic E-state index is -0.251. The fourth-order valence-corrected chi connectivity index (χ4v) is 2.86. The van der Waals surface area contributed by atoms with Crippen LogP contribution in [0.15, 0.2) is 54.7 Å². The van der Waals surface area contributed by atoms with Gasteiger partial charge in [-0.2, -0.15) is 0 Å². The monoisotopic (exact) mass is 277 g/mol. The molecule has 4 rings (SSSR count). The lowest BCUT2D eigenvalue weighted by molar-refractivity contribution is -0.117. The number of rotatable bonds is 2. The Hall–Kier alpha value is -2.75. The number of para-hydroxylation sites is 3. The lowest BCUT2D eigenvalue weighted by Gasteiger charge is -2.26. The number of hydrogen-bond acceptors (Lipinski definition) is 2. The highest BCUT2D eigenvalue weighted by Crippen LogP contribution is 2.28. The van der Waals surface area contributed by atoms with E-state index in [0.717, 1.165) is 22.5 Å². The minimum absolute atomic E-state index is 0.0129. The highest BCUT2D eigenvalue weighted by Gasteiger charge is 2.25. The van der Waals surface area contributed by atoms with Gasteiger partial charge in [0.05, 0.1) is 11.4 Å². The summed E-state index contributed by atoms with van der Waals surface area (Å²) in [4.78, 5) is 15.5. The van der Waals surface area contributed by atoms with E-state index in [9.17, 15) is 4.79 Å². The number of anilines is 2. The van der Waals surface area contributed by atoms with E-state index >= 15 is 0 Å². The lowest BCUT2D eigenvalue weighted by atomic mass is 10.0. The summed E-state index contributed by atoms with van der Waals surface area (Å²) in [6.07, 6.45) is 2.64. The third kappa shape index (κ3) is 2.05. The van der Waals surface area contributed by atoms with Gasteiger partial charge in [-0.05, 0) is 23.8 Å². The normalized spacial score (nSPS) is 17.1. The summed E-state index contributed by atoms with van der Waals surface area (Å²) in [7, 11) is 0. The van der Waals surface area contributed by atoms with Crippen molar-refractivity contribution >= 4 is 28.2 Å². The van der Waals surface area contributed by atoms with Crippen molar-refractivity contribution in [3.63, 3.8) is 0 Å². The summed E-state index contributed by atoms with van der Waals surface area (Å²) in [5.41, 5.74) is 4.07. The number of fused-ring (bicyclic) bond motifs is 2. The average molecular weight is 277 g/mol. The van der Waals surface area contributed by atoms with Crippen molar-refractivity contribution in [2.24, 2.45) is 0 Å². The highest BCUT2D eigenvalue weighted by atomic mass is 16.2. The molecule has 2 aromatic carbocycles. The highest BCUT2D eigenvalue weighted by molar-refractivity contribution is 6.03. The summed E-state index contributed by atoms with van der Waals surface area (Å²) in [6, 6.07) is 15.7. The van der Waals surface area contributed by atoms with Crippen LogP contribution in [0, 0.1) is 0 Å². The van der Waals surface area contributed by atoms with Gasteiger partial charge in [0.2, 0.25) is 5.91 Å². The predicted molar refractivity (Wildman–Crippen MR) is 84.5 cm³/mol. The smallest absolute Gasteiger partial charge is 0.247 e. The number of carbonyl (C=O) groups is 1. The van der Waals surface area contributed by atoms with E-state index in [4.69, 9.17) is 0 Å². The summed E-state index contributed by atoms with van der Waals surface area (Å²) in [6.45, 7) is 0. The van der Waals surface area contributed by atoms with Gasteiger partial charge in [0.15, 0.2) is 0 Å². The van der Waals surface area contributed by atoms with Crippen molar-refractivity contribution in [3.05, 3.63) is 60.3 Å². The zero-order valence-electron chi connectivity index (χ0n) is 11.4. The Morgan fingerprint density at radius 1 is 0.952 bits per heavy atom. The molecule has 1 aromatic heterocycles. The number of nitrogens with one attached hydrogen (secondary N) is 3. The molecule has 0 spiro atoms. The number of aromatic nitrogens is 1. The molecular formula is C17H15N3O. The molecule has 0 saturated carbocycles. The van der Waals surface area contributed by atoms with Crippen molar-refractivity contribution in [1.29, 1.82) is 0 Å². The molecule has 4 heteroatoms. The number of carbonyl (C=O) groups excluding carboxylic acids is 1. The second-order valence-corrected chi connectivity index (χ2v) is 5.30. The maximum atomic E-state index is 12.2. The van der Waals surface area contributed by atoms with E-state index in [1.165, 1.54) is 5.39 Å². The standard InChI is InChI=1S/C17H15N3O/c21-17-16(19-14-7-3-4-8-15(14)20-17)9-11-10-18-13-6-2-1-5-12(11)13/h1-8,10,16,18-19H,9H2,(H,20,21)/t16-/m0/s1. The Balaban J connectivity index is 1.64. The largest absolute Gasteiger partial charge is 0.372 e. The molecule has 3 aromatic rings. The molecule has 0 aliphatic carbocycles. The summed E-state index contributed by atoms with van der Waals surface area (Å²) < 4.78 is 0. The van der Waals surface area contributed by atoms with E-state index < -0.39 is 0 Å². The molecule has 2 heterocycles. The first kappa shape index (κ1) is 12.0. The van der Waals surface area contributed by atoms with Crippen molar-refractivity contribution in [1.82, 2.24) is 4.98 Å². The van der Waals surface area contributed by atoms with Gasteiger partial charge in [-0.15, -0.1) is 0 Å². The van der Waals surface area contributed by atoms with Gasteiger partial charge in [0, 0.05) is 23.5 Å². The molecule has 1 aliphatic rings. The summed E-state index contributed by atoms with van der Waals surface area (Å²) >= 11 is 0. The minimum Gasteiger partial charge on any atom is -0.372 e. The molecule has 0 bridgehead atoms. The topological polar surface area (TPSA) is 56.9 Å². The Labute approximate surface area is 122 Å². The molecule has 21 heavy (non-hydrogen) atoms. The Bertz CT molecular complexity index is 822. The van der Waals surface area contributed by atoms with Crippen LogP contribution in [0.2, 0.25) is 0 Å². The molecule has 1 atom stereocenters. The fourth-order valence-electron chi connectivity index (χ4n) is 2.86. The third-order valence-corrected chi connectivity index (χ3v) is 3.93. The number of hydrogen-bond donors (Lipinski definition) is 3. The van der Waals surface area contributed by atoms with Crippen LogP contribution < -0.4 is 10.6 Å². The van der Waals surface area contributed by atoms with Crippen molar-refractivity contribution in [2.75, 3.05) is 10.6 Å². The van der Waals surface area contributed by atoms with Crippen LogP contribution in [-0.4, -0.2) is 16.9 Å². The maximum absolute atomic E-state index is 12.2. The third-order valence-electron chi connectivity index (χ3n) is 3.93. The first-order valence-electron chi connectivity index (χ1n) is 7.03. The van der Waals surface area contributed by atoms with Crippen LogP contribution >= 0.6 is 0 Å². The molecule has 0 fully saturated rings. The van der Waals surface area contributed by atoms with E-state index in [0.29, 0.717) is 6.42 Å². The van der Waals surface area contributed by atoms with E-state index in [-0.39, 0.29) is 11.9 Å². The zero-order valence-corrected chi connectivity index (χ0v) is 11.4. The van der Waals surface area contributed by atoms with E-state index in [2.05, 4.69) is 21.7 Å².